The Bertz CT molecular complexity index is 535. The van der Waals surface area contributed by atoms with Gasteiger partial charge in [0, 0.05) is 14.2 Å². The van der Waals surface area contributed by atoms with Gasteiger partial charge >= 0.3 is 0 Å². The summed E-state index contributed by atoms with van der Waals surface area (Å²) < 4.78 is 1.10. The molecule has 1 unspecified atom stereocenters. The molecule has 2 aromatic rings. The summed E-state index contributed by atoms with van der Waals surface area (Å²) in [7, 11) is 0. The van der Waals surface area contributed by atoms with E-state index in [0.29, 0.717) is 0 Å². The van der Waals surface area contributed by atoms with E-state index in [9.17, 15) is 0 Å². The van der Waals surface area contributed by atoms with E-state index in [0.717, 1.165) is 4.47 Å². The predicted octanol–water partition coefficient (Wildman–Crippen LogP) is 6.11. The third-order valence-electron chi connectivity index (χ3n) is 3.68. The second kappa shape index (κ2) is 5.99. The zero-order valence-corrected chi connectivity index (χ0v) is 13.8. The largest absolute Gasteiger partial charge is 0.143 e. The topological polar surface area (TPSA) is 0 Å². The van der Waals surface area contributed by atoms with Crippen molar-refractivity contribution in [2.24, 2.45) is 0 Å². The molecule has 0 spiro atoms. The summed E-state index contributed by atoms with van der Waals surface area (Å²) in [5, 5.41) is -0.00923. The molecular weight excluding hydrogens is 340 g/mol. The maximum absolute atomic E-state index is 6.64. The van der Waals surface area contributed by atoms with E-state index in [1.807, 2.05) is 11.3 Å². The van der Waals surface area contributed by atoms with Gasteiger partial charge in [-0.2, -0.15) is 0 Å². The van der Waals surface area contributed by atoms with Crippen molar-refractivity contribution in [3.05, 3.63) is 55.7 Å². The van der Waals surface area contributed by atoms with Gasteiger partial charge in [0.15, 0.2) is 0 Å². The first-order valence-corrected chi connectivity index (χ1v) is 8.79. The number of rotatable bonds is 2. The number of fused-ring (bicyclic) bond motifs is 1. The Hall–Kier alpha value is -0.310. The predicted molar refractivity (Wildman–Crippen MR) is 87.4 cm³/mol. The van der Waals surface area contributed by atoms with Crippen molar-refractivity contribution >= 4 is 38.9 Å². The van der Waals surface area contributed by atoms with Gasteiger partial charge < -0.3 is 0 Å². The molecule has 0 aliphatic heterocycles. The van der Waals surface area contributed by atoms with Gasteiger partial charge in [-0.25, -0.2) is 0 Å². The normalized spacial score (nSPS) is 16.7. The fourth-order valence-electron chi connectivity index (χ4n) is 2.61. The van der Waals surface area contributed by atoms with Crippen molar-refractivity contribution in [1.82, 2.24) is 0 Å². The van der Waals surface area contributed by atoms with Crippen LogP contribution in [-0.4, -0.2) is 0 Å². The van der Waals surface area contributed by atoms with Gasteiger partial charge in [-0.1, -0.05) is 34.5 Å². The molecule has 1 aliphatic rings. The number of aryl methyl sites for hydroxylation is 2. The summed E-state index contributed by atoms with van der Waals surface area (Å²) in [5.41, 5.74) is 2.72. The number of halogens is 2. The Morgan fingerprint density at radius 2 is 1.79 bits per heavy atom. The molecule has 0 amide bonds. The van der Waals surface area contributed by atoms with Gasteiger partial charge in [-0.05, 0) is 55.0 Å². The number of hydrogen-bond acceptors (Lipinski definition) is 1. The van der Waals surface area contributed by atoms with E-state index in [2.05, 4.69) is 46.3 Å². The number of benzene rings is 1. The lowest BCUT2D eigenvalue weighted by Crippen LogP contribution is -1.89. The van der Waals surface area contributed by atoms with E-state index in [1.165, 1.54) is 42.5 Å². The lowest BCUT2D eigenvalue weighted by atomic mass is 10.1. The second-order valence-electron chi connectivity index (χ2n) is 5.07. The minimum absolute atomic E-state index is 0.00923. The Balaban J connectivity index is 1.87. The Kier molecular flexibility index (Phi) is 4.30. The summed E-state index contributed by atoms with van der Waals surface area (Å²) in [5.74, 6) is 0. The monoisotopic (exact) mass is 354 g/mol. The SMILES string of the molecule is ClC(c1ccc(Br)cc1)c1cc2c(s1)CCCCC2. The number of alkyl halides is 1. The molecule has 0 saturated carbocycles. The molecule has 0 radical (unpaired) electrons. The first-order chi connectivity index (χ1) is 9.24. The van der Waals surface area contributed by atoms with Crippen LogP contribution in [0.25, 0.3) is 0 Å². The van der Waals surface area contributed by atoms with Crippen molar-refractivity contribution in [2.45, 2.75) is 37.5 Å². The molecule has 100 valence electrons. The van der Waals surface area contributed by atoms with Crippen LogP contribution in [0, 0.1) is 0 Å². The van der Waals surface area contributed by atoms with Crippen LogP contribution in [0.3, 0.4) is 0 Å². The molecule has 1 aromatic heterocycles. The van der Waals surface area contributed by atoms with Gasteiger partial charge in [-0.15, -0.1) is 22.9 Å². The van der Waals surface area contributed by atoms with Gasteiger partial charge in [0.25, 0.3) is 0 Å². The smallest absolute Gasteiger partial charge is 0.0927 e. The van der Waals surface area contributed by atoms with Crippen molar-refractivity contribution in [3.8, 4) is 0 Å². The van der Waals surface area contributed by atoms with Gasteiger partial charge in [-0.3, -0.25) is 0 Å². The van der Waals surface area contributed by atoms with Crippen molar-refractivity contribution in [3.63, 3.8) is 0 Å². The summed E-state index contributed by atoms with van der Waals surface area (Å²) in [6, 6.07) is 10.7. The molecule has 3 heteroatoms. The molecule has 1 atom stereocenters. The highest BCUT2D eigenvalue weighted by Gasteiger charge is 2.18. The Morgan fingerprint density at radius 1 is 1.05 bits per heavy atom. The quantitative estimate of drug-likeness (QED) is 0.450. The highest BCUT2D eigenvalue weighted by Crippen LogP contribution is 2.38. The first-order valence-electron chi connectivity index (χ1n) is 6.75. The summed E-state index contributed by atoms with van der Waals surface area (Å²) in [6.45, 7) is 0. The molecule has 0 N–H and O–H groups in total. The Morgan fingerprint density at radius 3 is 2.58 bits per heavy atom. The zero-order chi connectivity index (χ0) is 13.2. The third kappa shape index (κ3) is 3.07. The van der Waals surface area contributed by atoms with E-state index in [4.69, 9.17) is 11.6 Å². The van der Waals surface area contributed by atoms with Gasteiger partial charge in [0.1, 0.15) is 0 Å². The minimum atomic E-state index is -0.00923. The van der Waals surface area contributed by atoms with E-state index in [-0.39, 0.29) is 5.38 Å². The van der Waals surface area contributed by atoms with Crippen LogP contribution in [0.5, 0.6) is 0 Å². The van der Waals surface area contributed by atoms with Crippen LogP contribution in [0.1, 0.15) is 45.5 Å². The first kappa shape index (κ1) is 13.7. The van der Waals surface area contributed by atoms with E-state index < -0.39 is 0 Å². The summed E-state index contributed by atoms with van der Waals surface area (Å²) in [6.07, 6.45) is 6.50. The molecule has 0 fully saturated rings. The minimum Gasteiger partial charge on any atom is -0.143 e. The van der Waals surface area contributed by atoms with Crippen LogP contribution in [0.15, 0.2) is 34.8 Å². The third-order valence-corrected chi connectivity index (χ3v) is 6.13. The van der Waals surface area contributed by atoms with Crippen molar-refractivity contribution in [1.29, 1.82) is 0 Å². The maximum atomic E-state index is 6.64. The van der Waals surface area contributed by atoms with Crippen LogP contribution in [0.4, 0.5) is 0 Å². The average molecular weight is 356 g/mol. The average Bonchev–Trinajstić information content (AvgIpc) is 2.70. The lowest BCUT2D eigenvalue weighted by Gasteiger charge is -2.07. The second-order valence-corrected chi connectivity index (χ2v) is 7.59. The number of thiophene rings is 1. The molecule has 0 bridgehead atoms. The molecular formula is C16H16BrClS. The standard InChI is InChI=1S/C16H16BrClS/c17-13-8-6-11(7-9-13)16(18)15-10-12-4-2-1-3-5-14(12)19-15/h6-10,16H,1-5H2. The highest BCUT2D eigenvalue weighted by atomic mass is 79.9. The maximum Gasteiger partial charge on any atom is 0.0927 e. The van der Waals surface area contributed by atoms with Crippen LogP contribution >= 0.6 is 38.9 Å². The summed E-state index contributed by atoms with van der Waals surface area (Å²) >= 11 is 12.0. The highest BCUT2D eigenvalue weighted by molar-refractivity contribution is 9.10. The fourth-order valence-corrected chi connectivity index (χ4v) is 4.48. The van der Waals surface area contributed by atoms with Crippen molar-refractivity contribution in [2.75, 3.05) is 0 Å². The zero-order valence-electron chi connectivity index (χ0n) is 10.7. The van der Waals surface area contributed by atoms with Crippen LogP contribution < -0.4 is 0 Å². The van der Waals surface area contributed by atoms with Gasteiger partial charge in [0.05, 0.1) is 5.38 Å². The van der Waals surface area contributed by atoms with E-state index in [1.54, 1.807) is 10.4 Å². The Labute approximate surface area is 131 Å². The molecule has 1 aliphatic carbocycles. The molecule has 1 aromatic carbocycles. The van der Waals surface area contributed by atoms with Crippen LogP contribution in [0.2, 0.25) is 0 Å². The molecule has 3 rings (SSSR count). The fraction of sp³-hybridized carbons (Fsp3) is 0.375. The van der Waals surface area contributed by atoms with E-state index >= 15 is 0 Å². The molecule has 0 saturated heterocycles. The summed E-state index contributed by atoms with van der Waals surface area (Å²) in [4.78, 5) is 2.87. The molecule has 1 heterocycles. The van der Waals surface area contributed by atoms with Gasteiger partial charge in [0.2, 0.25) is 0 Å². The number of hydrogen-bond donors (Lipinski definition) is 0. The molecule has 0 nitrogen and oxygen atoms in total. The lowest BCUT2D eigenvalue weighted by molar-refractivity contribution is 0.712. The molecule has 19 heavy (non-hydrogen) atoms. The van der Waals surface area contributed by atoms with Crippen molar-refractivity contribution < 1.29 is 0 Å². The van der Waals surface area contributed by atoms with Crippen LogP contribution in [-0.2, 0) is 12.8 Å².